The van der Waals surface area contributed by atoms with Crippen molar-refractivity contribution in [2.24, 2.45) is 0 Å². The Morgan fingerprint density at radius 3 is 2.41 bits per heavy atom. The lowest BCUT2D eigenvalue weighted by molar-refractivity contribution is -0.137. The molecule has 2 N–H and O–H groups in total. The topological polar surface area (TPSA) is 58.3 Å². The van der Waals surface area contributed by atoms with Crippen molar-refractivity contribution in [3.05, 3.63) is 77.7 Å². The van der Waals surface area contributed by atoms with Crippen LogP contribution in [0.3, 0.4) is 0 Å². The summed E-state index contributed by atoms with van der Waals surface area (Å²) in [6.07, 6.45) is -2.12. The fourth-order valence-electron chi connectivity index (χ4n) is 3.94. The Bertz CT molecular complexity index is 970. The van der Waals surface area contributed by atoms with E-state index in [0.717, 1.165) is 17.7 Å². The number of aliphatic hydroxyl groups is 1. The first-order valence-corrected chi connectivity index (χ1v) is 9.42. The maximum absolute atomic E-state index is 12.9. The Hall–Kier alpha value is -2.64. The number of piperidine rings is 1. The van der Waals surface area contributed by atoms with Crippen LogP contribution in [0.4, 0.5) is 13.2 Å². The summed E-state index contributed by atoms with van der Waals surface area (Å²) < 4.78 is 44.5. The van der Waals surface area contributed by atoms with Crippen LogP contribution in [0, 0.1) is 0 Å². The van der Waals surface area contributed by atoms with Gasteiger partial charge >= 0.3 is 6.18 Å². The lowest BCUT2D eigenvalue weighted by Gasteiger charge is -2.40. The van der Waals surface area contributed by atoms with Crippen LogP contribution < -0.4 is 5.32 Å². The third-order valence-electron chi connectivity index (χ3n) is 5.31. The van der Waals surface area contributed by atoms with Crippen molar-refractivity contribution in [3.63, 3.8) is 0 Å². The van der Waals surface area contributed by atoms with Crippen molar-refractivity contribution < 1.29 is 22.7 Å². The lowest BCUT2D eigenvalue weighted by atomic mass is 9.78. The SMILES string of the molecule is C[C@H]1CC(O)(c2ccc(C(F)(F)F)cc2)C[C@@H](c2cnc(-c3ccccc3)o2)N1. The molecule has 1 aromatic heterocycles. The fraction of sp³-hybridized carbons (Fsp3) is 0.318. The largest absolute Gasteiger partial charge is 0.440 e. The Morgan fingerprint density at radius 2 is 1.76 bits per heavy atom. The first kappa shape index (κ1) is 19.7. The third kappa shape index (κ3) is 4.06. The van der Waals surface area contributed by atoms with E-state index in [2.05, 4.69) is 10.3 Å². The summed E-state index contributed by atoms with van der Waals surface area (Å²) in [5, 5.41) is 14.7. The monoisotopic (exact) mass is 402 g/mol. The summed E-state index contributed by atoms with van der Waals surface area (Å²) in [4.78, 5) is 4.33. The predicted octanol–water partition coefficient (Wildman–Crippen LogP) is 5.06. The molecule has 4 nitrogen and oxygen atoms in total. The molecular formula is C22H21F3N2O2. The fourth-order valence-corrected chi connectivity index (χ4v) is 3.94. The van der Waals surface area contributed by atoms with Crippen molar-refractivity contribution in [1.82, 2.24) is 10.3 Å². The number of alkyl halides is 3. The molecular weight excluding hydrogens is 381 g/mol. The minimum absolute atomic E-state index is 0.0636. The number of hydrogen-bond acceptors (Lipinski definition) is 4. The van der Waals surface area contributed by atoms with E-state index in [9.17, 15) is 18.3 Å². The Balaban J connectivity index is 1.59. The van der Waals surface area contributed by atoms with Crippen LogP contribution in [-0.4, -0.2) is 16.1 Å². The second kappa shape index (κ2) is 7.31. The van der Waals surface area contributed by atoms with Crippen molar-refractivity contribution >= 4 is 0 Å². The highest BCUT2D eigenvalue weighted by atomic mass is 19.4. The van der Waals surface area contributed by atoms with Gasteiger partial charge in [0.25, 0.3) is 0 Å². The molecule has 2 heterocycles. The molecule has 29 heavy (non-hydrogen) atoms. The van der Waals surface area contributed by atoms with Crippen molar-refractivity contribution in [3.8, 4) is 11.5 Å². The zero-order valence-corrected chi connectivity index (χ0v) is 15.8. The van der Waals surface area contributed by atoms with Gasteiger partial charge in [0.1, 0.15) is 5.76 Å². The number of nitrogens with one attached hydrogen (secondary N) is 1. The third-order valence-corrected chi connectivity index (χ3v) is 5.31. The van der Waals surface area contributed by atoms with Crippen LogP contribution in [0.15, 0.2) is 65.2 Å². The van der Waals surface area contributed by atoms with E-state index in [0.29, 0.717) is 23.6 Å². The number of rotatable bonds is 3. The van der Waals surface area contributed by atoms with Crippen LogP contribution in [0.2, 0.25) is 0 Å². The highest BCUT2D eigenvalue weighted by Crippen LogP contribution is 2.41. The van der Waals surface area contributed by atoms with Crippen LogP contribution >= 0.6 is 0 Å². The standard InChI is InChI=1S/C22H21F3N2O2/c1-14-11-21(28,16-7-9-17(10-8-16)22(23,24)25)12-18(27-14)19-13-26-20(29-19)15-5-3-2-4-6-15/h2-10,13-14,18,27-28H,11-12H2,1H3/t14-,18-,21?/m0/s1. The molecule has 0 amide bonds. The second-order valence-electron chi connectivity index (χ2n) is 7.57. The lowest BCUT2D eigenvalue weighted by Crippen LogP contribution is -2.46. The number of nitrogens with zero attached hydrogens (tertiary/aromatic N) is 1. The normalized spacial score (nSPS) is 25.1. The Morgan fingerprint density at radius 1 is 1.07 bits per heavy atom. The van der Waals surface area contributed by atoms with E-state index in [-0.39, 0.29) is 18.5 Å². The first-order chi connectivity index (χ1) is 13.7. The molecule has 4 rings (SSSR count). The Labute approximate surface area is 166 Å². The molecule has 0 bridgehead atoms. The molecule has 152 valence electrons. The number of benzene rings is 2. The molecule has 1 aliphatic rings. The summed E-state index contributed by atoms with van der Waals surface area (Å²) in [5.74, 6) is 1.07. The molecule has 1 fully saturated rings. The highest BCUT2D eigenvalue weighted by Gasteiger charge is 2.41. The van der Waals surface area contributed by atoms with Gasteiger partial charge in [-0.25, -0.2) is 4.98 Å². The predicted molar refractivity (Wildman–Crippen MR) is 102 cm³/mol. The molecule has 3 atom stereocenters. The molecule has 0 spiro atoms. The van der Waals surface area contributed by atoms with Gasteiger partial charge in [0.15, 0.2) is 0 Å². The van der Waals surface area contributed by atoms with Gasteiger partial charge in [-0.2, -0.15) is 13.2 Å². The number of aromatic nitrogens is 1. The summed E-state index contributed by atoms with van der Waals surface area (Å²) >= 11 is 0. The van der Waals surface area contributed by atoms with Gasteiger partial charge < -0.3 is 14.8 Å². The summed E-state index contributed by atoms with van der Waals surface area (Å²) in [5.41, 5.74) is -0.683. The van der Waals surface area contributed by atoms with E-state index < -0.39 is 17.3 Å². The molecule has 1 saturated heterocycles. The smallest absolute Gasteiger partial charge is 0.416 e. The van der Waals surface area contributed by atoms with Gasteiger partial charge in [-0.1, -0.05) is 30.3 Å². The number of oxazole rings is 1. The van der Waals surface area contributed by atoms with Gasteiger partial charge in [-0.15, -0.1) is 0 Å². The van der Waals surface area contributed by atoms with Gasteiger partial charge in [0.2, 0.25) is 5.89 Å². The van der Waals surface area contributed by atoms with Crippen LogP contribution in [0.5, 0.6) is 0 Å². The van der Waals surface area contributed by atoms with E-state index in [1.54, 1.807) is 6.20 Å². The van der Waals surface area contributed by atoms with Crippen molar-refractivity contribution in [2.75, 3.05) is 0 Å². The van der Waals surface area contributed by atoms with Crippen LogP contribution in [0.25, 0.3) is 11.5 Å². The first-order valence-electron chi connectivity index (χ1n) is 9.42. The Kier molecular flexibility index (Phi) is 4.96. The molecule has 1 unspecified atom stereocenters. The van der Waals surface area contributed by atoms with Gasteiger partial charge in [-0.3, -0.25) is 0 Å². The van der Waals surface area contributed by atoms with E-state index in [1.807, 2.05) is 37.3 Å². The van der Waals surface area contributed by atoms with Crippen molar-refractivity contribution in [1.29, 1.82) is 0 Å². The molecule has 3 aromatic rings. The zero-order valence-electron chi connectivity index (χ0n) is 15.8. The van der Waals surface area contributed by atoms with Gasteiger partial charge in [0, 0.05) is 18.0 Å². The van der Waals surface area contributed by atoms with Gasteiger partial charge in [0.05, 0.1) is 23.4 Å². The van der Waals surface area contributed by atoms with Crippen LogP contribution in [-0.2, 0) is 11.8 Å². The maximum atomic E-state index is 12.9. The molecule has 0 aliphatic carbocycles. The minimum Gasteiger partial charge on any atom is -0.440 e. The van der Waals surface area contributed by atoms with Gasteiger partial charge in [-0.05, 0) is 43.2 Å². The summed E-state index contributed by atoms with van der Waals surface area (Å²) in [7, 11) is 0. The maximum Gasteiger partial charge on any atom is 0.416 e. The van der Waals surface area contributed by atoms with Crippen molar-refractivity contribution in [2.45, 2.75) is 43.6 Å². The summed E-state index contributed by atoms with van der Waals surface area (Å²) in [6.45, 7) is 1.93. The zero-order chi connectivity index (χ0) is 20.6. The molecule has 0 radical (unpaired) electrons. The minimum atomic E-state index is -4.40. The average molecular weight is 402 g/mol. The molecule has 7 heteroatoms. The average Bonchev–Trinajstić information content (AvgIpc) is 3.18. The molecule has 1 aliphatic heterocycles. The summed E-state index contributed by atoms with van der Waals surface area (Å²) in [6, 6.07) is 13.8. The van der Waals surface area contributed by atoms with E-state index in [1.165, 1.54) is 12.1 Å². The quantitative estimate of drug-likeness (QED) is 0.643. The van der Waals surface area contributed by atoms with Crippen LogP contribution in [0.1, 0.15) is 42.7 Å². The number of halogens is 3. The van der Waals surface area contributed by atoms with E-state index in [4.69, 9.17) is 4.42 Å². The second-order valence-corrected chi connectivity index (χ2v) is 7.57. The molecule has 2 aromatic carbocycles. The highest BCUT2D eigenvalue weighted by molar-refractivity contribution is 5.52. The number of hydrogen-bond donors (Lipinski definition) is 2. The molecule has 0 saturated carbocycles. The van der Waals surface area contributed by atoms with E-state index >= 15 is 0 Å².